The minimum atomic E-state index is -0.116. The number of thiocarbonyl (C=S) groups is 1. The fraction of sp³-hybridized carbons (Fsp3) is 0.200. The summed E-state index contributed by atoms with van der Waals surface area (Å²) in [6.07, 6.45) is 1.63. The van der Waals surface area contributed by atoms with Gasteiger partial charge in [0.05, 0.1) is 26.5 Å². The van der Waals surface area contributed by atoms with E-state index in [2.05, 4.69) is 16.4 Å². The van der Waals surface area contributed by atoms with Crippen LogP contribution in [-0.4, -0.2) is 22.1 Å². The van der Waals surface area contributed by atoms with Crippen LogP contribution in [0, 0.1) is 6.92 Å². The van der Waals surface area contributed by atoms with Crippen LogP contribution in [0.15, 0.2) is 76.1 Å². The van der Waals surface area contributed by atoms with Crippen molar-refractivity contribution in [3.63, 3.8) is 0 Å². The number of H-pyrrole nitrogens is 1. The SMILES string of the molecule is COc1ccc(CN(Cc2cc3cc(C)ccc3[nH]c2=O)C(=S)NCc2ccco2)cc1. The molecule has 2 aromatic heterocycles. The molecule has 32 heavy (non-hydrogen) atoms. The Morgan fingerprint density at radius 2 is 1.94 bits per heavy atom. The van der Waals surface area contributed by atoms with Crippen molar-refractivity contribution in [1.82, 2.24) is 15.2 Å². The minimum Gasteiger partial charge on any atom is -0.497 e. The number of nitrogens with zero attached hydrogens (tertiary/aromatic N) is 1. The van der Waals surface area contributed by atoms with Gasteiger partial charge in [0.1, 0.15) is 11.5 Å². The molecule has 0 spiro atoms. The summed E-state index contributed by atoms with van der Waals surface area (Å²) in [5, 5.41) is 4.78. The molecule has 2 N–H and O–H groups in total. The Kier molecular flexibility index (Phi) is 6.56. The number of nitrogens with one attached hydrogen (secondary N) is 2. The molecule has 4 aromatic rings. The zero-order chi connectivity index (χ0) is 22.5. The summed E-state index contributed by atoms with van der Waals surface area (Å²) in [7, 11) is 1.64. The first-order valence-corrected chi connectivity index (χ1v) is 10.7. The van der Waals surface area contributed by atoms with Crippen molar-refractivity contribution < 1.29 is 9.15 Å². The van der Waals surface area contributed by atoms with Gasteiger partial charge in [0.25, 0.3) is 5.56 Å². The first-order chi connectivity index (χ1) is 15.5. The van der Waals surface area contributed by atoms with Gasteiger partial charge in [-0.15, -0.1) is 0 Å². The molecule has 0 saturated heterocycles. The molecule has 7 heteroatoms. The van der Waals surface area contributed by atoms with Gasteiger partial charge >= 0.3 is 0 Å². The van der Waals surface area contributed by atoms with Gasteiger partial charge in [-0.1, -0.05) is 23.8 Å². The van der Waals surface area contributed by atoms with E-state index in [-0.39, 0.29) is 5.56 Å². The highest BCUT2D eigenvalue weighted by Gasteiger charge is 2.15. The van der Waals surface area contributed by atoms with Gasteiger partial charge in [-0.25, -0.2) is 0 Å². The zero-order valence-electron chi connectivity index (χ0n) is 18.1. The topological polar surface area (TPSA) is 70.5 Å². The van der Waals surface area contributed by atoms with Gasteiger partial charge in [0.15, 0.2) is 5.11 Å². The fourth-order valence-electron chi connectivity index (χ4n) is 3.53. The van der Waals surface area contributed by atoms with E-state index >= 15 is 0 Å². The lowest BCUT2D eigenvalue weighted by Gasteiger charge is -2.26. The molecule has 0 atom stereocenters. The highest BCUT2D eigenvalue weighted by Crippen LogP contribution is 2.17. The molecule has 2 aromatic carbocycles. The average molecular weight is 448 g/mol. The van der Waals surface area contributed by atoms with Crippen LogP contribution < -0.4 is 15.6 Å². The Balaban J connectivity index is 1.59. The lowest BCUT2D eigenvalue weighted by molar-refractivity contribution is 0.391. The molecular weight excluding hydrogens is 422 g/mol. The predicted octanol–water partition coefficient (Wildman–Crippen LogP) is 4.52. The summed E-state index contributed by atoms with van der Waals surface area (Å²) in [6.45, 7) is 3.42. The molecule has 0 aliphatic carbocycles. The van der Waals surface area contributed by atoms with Crippen LogP contribution in [0.25, 0.3) is 10.9 Å². The largest absolute Gasteiger partial charge is 0.497 e. The molecule has 0 aliphatic rings. The molecule has 0 saturated carbocycles. The maximum Gasteiger partial charge on any atom is 0.253 e. The molecule has 0 unspecified atom stereocenters. The highest BCUT2D eigenvalue weighted by atomic mass is 32.1. The number of aromatic nitrogens is 1. The van der Waals surface area contributed by atoms with Crippen molar-refractivity contribution in [2.45, 2.75) is 26.6 Å². The number of fused-ring (bicyclic) bond motifs is 1. The molecule has 164 valence electrons. The maximum atomic E-state index is 12.8. The molecule has 6 nitrogen and oxygen atoms in total. The lowest BCUT2D eigenvalue weighted by atomic mass is 10.1. The van der Waals surface area contributed by atoms with Crippen molar-refractivity contribution in [2.75, 3.05) is 7.11 Å². The molecule has 4 rings (SSSR count). The van der Waals surface area contributed by atoms with E-state index in [9.17, 15) is 4.79 Å². The summed E-state index contributed by atoms with van der Waals surface area (Å²) in [4.78, 5) is 17.7. The summed E-state index contributed by atoms with van der Waals surface area (Å²) in [5.41, 5.74) is 3.56. The number of hydrogen-bond donors (Lipinski definition) is 2. The fourth-order valence-corrected chi connectivity index (χ4v) is 3.73. The molecule has 2 heterocycles. The normalized spacial score (nSPS) is 10.8. The van der Waals surface area contributed by atoms with Gasteiger partial charge in [0, 0.05) is 17.6 Å². The van der Waals surface area contributed by atoms with E-state index in [0.717, 1.165) is 33.5 Å². The predicted molar refractivity (Wildman–Crippen MR) is 130 cm³/mol. The third-order valence-electron chi connectivity index (χ3n) is 5.25. The van der Waals surface area contributed by atoms with E-state index in [0.29, 0.717) is 30.3 Å². The summed E-state index contributed by atoms with van der Waals surface area (Å²) in [6, 6.07) is 19.5. The monoisotopic (exact) mass is 447 g/mol. The summed E-state index contributed by atoms with van der Waals surface area (Å²) in [5.74, 6) is 1.58. The Morgan fingerprint density at radius 1 is 1.12 bits per heavy atom. The van der Waals surface area contributed by atoms with Crippen LogP contribution in [0.3, 0.4) is 0 Å². The van der Waals surface area contributed by atoms with Gasteiger partial charge in [0.2, 0.25) is 0 Å². The number of aryl methyl sites for hydroxylation is 1. The number of methoxy groups -OCH3 is 1. The molecule has 0 amide bonds. The maximum absolute atomic E-state index is 12.8. The van der Waals surface area contributed by atoms with E-state index < -0.39 is 0 Å². The van der Waals surface area contributed by atoms with Crippen LogP contribution in [0.1, 0.15) is 22.5 Å². The van der Waals surface area contributed by atoms with Crippen LogP contribution in [-0.2, 0) is 19.6 Å². The Morgan fingerprint density at radius 3 is 2.66 bits per heavy atom. The number of ether oxygens (including phenoxy) is 1. The second-order valence-electron chi connectivity index (χ2n) is 7.66. The van der Waals surface area contributed by atoms with Crippen molar-refractivity contribution in [2.24, 2.45) is 0 Å². The van der Waals surface area contributed by atoms with Crippen molar-refractivity contribution in [1.29, 1.82) is 0 Å². The van der Waals surface area contributed by atoms with Crippen LogP contribution in [0.4, 0.5) is 0 Å². The van der Waals surface area contributed by atoms with E-state index in [4.69, 9.17) is 21.4 Å². The minimum absolute atomic E-state index is 0.116. The van der Waals surface area contributed by atoms with E-state index in [1.165, 1.54) is 0 Å². The second kappa shape index (κ2) is 9.70. The summed E-state index contributed by atoms with van der Waals surface area (Å²) >= 11 is 5.69. The number of benzene rings is 2. The van der Waals surface area contributed by atoms with Crippen molar-refractivity contribution >= 4 is 28.2 Å². The van der Waals surface area contributed by atoms with Crippen LogP contribution in [0.5, 0.6) is 5.75 Å². The van der Waals surface area contributed by atoms with Gasteiger partial charge in [-0.2, -0.15) is 0 Å². The first kappa shape index (κ1) is 21.6. The van der Waals surface area contributed by atoms with Crippen molar-refractivity contribution in [3.05, 3.63) is 99.7 Å². The molecule has 0 radical (unpaired) electrons. The second-order valence-corrected chi connectivity index (χ2v) is 8.04. The Labute approximate surface area is 191 Å². The smallest absolute Gasteiger partial charge is 0.253 e. The van der Waals surface area contributed by atoms with E-state index in [1.807, 2.05) is 66.4 Å². The zero-order valence-corrected chi connectivity index (χ0v) is 18.9. The third kappa shape index (κ3) is 5.18. The average Bonchev–Trinajstić information content (AvgIpc) is 3.32. The number of rotatable bonds is 7. The molecule has 0 fully saturated rings. The molecule has 0 aliphatic heterocycles. The quantitative estimate of drug-likeness (QED) is 0.406. The highest BCUT2D eigenvalue weighted by molar-refractivity contribution is 7.80. The molecule has 0 bridgehead atoms. The number of hydrogen-bond acceptors (Lipinski definition) is 4. The number of furan rings is 1. The summed E-state index contributed by atoms with van der Waals surface area (Å²) < 4.78 is 10.7. The number of pyridine rings is 1. The molecular formula is C25H25N3O3S. The van der Waals surface area contributed by atoms with Gasteiger partial charge in [-0.05, 0) is 72.6 Å². The third-order valence-corrected chi connectivity index (χ3v) is 5.65. The van der Waals surface area contributed by atoms with Crippen LogP contribution in [0.2, 0.25) is 0 Å². The Hall–Kier alpha value is -3.58. The standard InChI is InChI=1S/C25H25N3O3S/c1-17-5-10-23-19(12-17)13-20(24(29)27-23)16-28(15-18-6-8-21(30-2)9-7-18)25(32)26-14-22-4-3-11-31-22/h3-13H,14-16H2,1-2H3,(H,26,32)(H,27,29). The number of aromatic amines is 1. The van der Waals surface area contributed by atoms with Crippen LogP contribution >= 0.6 is 12.2 Å². The van der Waals surface area contributed by atoms with Gasteiger partial charge < -0.3 is 24.4 Å². The van der Waals surface area contributed by atoms with Gasteiger partial charge in [-0.3, -0.25) is 4.79 Å². The van der Waals surface area contributed by atoms with E-state index in [1.54, 1.807) is 13.4 Å². The lowest BCUT2D eigenvalue weighted by Crippen LogP contribution is -2.39. The first-order valence-electron chi connectivity index (χ1n) is 10.3. The van der Waals surface area contributed by atoms with Crippen molar-refractivity contribution in [3.8, 4) is 5.75 Å². The Bertz CT molecular complexity index is 1260.